The van der Waals surface area contributed by atoms with Crippen molar-refractivity contribution < 1.29 is 9.72 Å². The van der Waals surface area contributed by atoms with Gasteiger partial charge in [0.05, 0.1) is 32.1 Å². The summed E-state index contributed by atoms with van der Waals surface area (Å²) < 4.78 is 0. The molecular formula is C13H10N4O3S. The standard InChI is InChI=1S/C13H10N4O3S/c1-7-10(17(19)20)5-11(21-7)13(18)15-9-4-2-3-8-6-14-16-12(8)9/h2-6H,1H3,(H,14,16)(H,15,18). The van der Waals surface area contributed by atoms with E-state index in [4.69, 9.17) is 0 Å². The van der Waals surface area contributed by atoms with Gasteiger partial charge in [-0.05, 0) is 13.0 Å². The molecule has 0 saturated heterocycles. The first-order valence-electron chi connectivity index (χ1n) is 6.04. The fourth-order valence-electron chi connectivity index (χ4n) is 2.02. The largest absolute Gasteiger partial charge is 0.319 e. The summed E-state index contributed by atoms with van der Waals surface area (Å²) in [5.41, 5.74) is 1.27. The van der Waals surface area contributed by atoms with Crippen LogP contribution in [-0.2, 0) is 0 Å². The lowest BCUT2D eigenvalue weighted by Gasteiger charge is -2.04. The van der Waals surface area contributed by atoms with Crippen LogP contribution in [0.15, 0.2) is 30.5 Å². The van der Waals surface area contributed by atoms with Crippen molar-refractivity contribution in [3.63, 3.8) is 0 Å². The van der Waals surface area contributed by atoms with Crippen molar-refractivity contribution >= 4 is 39.5 Å². The first-order valence-corrected chi connectivity index (χ1v) is 6.86. The van der Waals surface area contributed by atoms with Crippen molar-refractivity contribution in [2.75, 3.05) is 5.32 Å². The Labute approximate surface area is 122 Å². The third-order valence-corrected chi connectivity index (χ3v) is 4.08. The van der Waals surface area contributed by atoms with Crippen LogP contribution in [0.4, 0.5) is 11.4 Å². The number of nitrogens with one attached hydrogen (secondary N) is 2. The Kier molecular flexibility index (Phi) is 3.15. The maximum absolute atomic E-state index is 12.2. The number of benzene rings is 1. The number of hydrogen-bond donors (Lipinski definition) is 2. The van der Waals surface area contributed by atoms with Gasteiger partial charge in [0.1, 0.15) is 0 Å². The van der Waals surface area contributed by atoms with Crippen LogP contribution < -0.4 is 5.32 Å². The third kappa shape index (κ3) is 2.36. The van der Waals surface area contributed by atoms with Crippen LogP contribution in [0.5, 0.6) is 0 Å². The van der Waals surface area contributed by atoms with Crippen LogP contribution in [0, 0.1) is 17.0 Å². The highest BCUT2D eigenvalue weighted by Gasteiger charge is 2.20. The predicted octanol–water partition coefficient (Wildman–Crippen LogP) is 3.09. The Morgan fingerprint density at radius 3 is 3.00 bits per heavy atom. The summed E-state index contributed by atoms with van der Waals surface area (Å²) >= 11 is 1.10. The average Bonchev–Trinajstić information content (AvgIpc) is 3.05. The molecule has 2 N–H and O–H groups in total. The van der Waals surface area contributed by atoms with Crippen LogP contribution in [0.25, 0.3) is 10.9 Å². The molecule has 1 aromatic carbocycles. The van der Waals surface area contributed by atoms with E-state index >= 15 is 0 Å². The second-order valence-corrected chi connectivity index (χ2v) is 5.66. The monoisotopic (exact) mass is 302 g/mol. The summed E-state index contributed by atoms with van der Waals surface area (Å²) in [4.78, 5) is 23.4. The van der Waals surface area contributed by atoms with Crippen molar-refractivity contribution in [2.45, 2.75) is 6.92 Å². The second-order valence-electron chi connectivity index (χ2n) is 4.40. The number of anilines is 1. The number of fused-ring (bicyclic) bond motifs is 1. The van der Waals surface area contributed by atoms with Crippen molar-refractivity contribution in [1.29, 1.82) is 0 Å². The van der Waals surface area contributed by atoms with Gasteiger partial charge < -0.3 is 5.32 Å². The van der Waals surface area contributed by atoms with Gasteiger partial charge in [0.25, 0.3) is 11.6 Å². The van der Waals surface area contributed by atoms with E-state index in [9.17, 15) is 14.9 Å². The fraction of sp³-hybridized carbons (Fsp3) is 0.0769. The number of para-hydroxylation sites is 1. The molecule has 0 aliphatic carbocycles. The molecule has 1 amide bonds. The summed E-state index contributed by atoms with van der Waals surface area (Å²) in [6, 6.07) is 6.71. The number of aryl methyl sites for hydroxylation is 1. The van der Waals surface area contributed by atoms with Gasteiger partial charge in [0, 0.05) is 11.5 Å². The minimum Gasteiger partial charge on any atom is -0.319 e. The number of aromatic amines is 1. The molecule has 0 atom stereocenters. The Balaban J connectivity index is 1.91. The Bertz CT molecular complexity index is 852. The number of rotatable bonds is 3. The van der Waals surface area contributed by atoms with E-state index in [1.54, 1.807) is 25.3 Å². The molecule has 0 spiro atoms. The number of thiophene rings is 1. The van der Waals surface area contributed by atoms with E-state index in [0.717, 1.165) is 16.7 Å². The Hall–Kier alpha value is -2.74. The maximum atomic E-state index is 12.2. The van der Waals surface area contributed by atoms with Gasteiger partial charge in [0.2, 0.25) is 0 Å². The molecule has 106 valence electrons. The lowest BCUT2D eigenvalue weighted by Crippen LogP contribution is -2.10. The molecule has 0 fully saturated rings. The van der Waals surface area contributed by atoms with E-state index in [0.29, 0.717) is 21.0 Å². The van der Waals surface area contributed by atoms with E-state index < -0.39 is 4.92 Å². The van der Waals surface area contributed by atoms with Gasteiger partial charge in [0.15, 0.2) is 0 Å². The topological polar surface area (TPSA) is 101 Å². The molecule has 0 unspecified atom stereocenters. The molecule has 8 heteroatoms. The number of amides is 1. The van der Waals surface area contributed by atoms with E-state index in [-0.39, 0.29) is 11.6 Å². The SMILES string of the molecule is Cc1sc(C(=O)Nc2cccc3cn[nH]c23)cc1[N+](=O)[O-]. The van der Waals surface area contributed by atoms with E-state index in [2.05, 4.69) is 15.5 Å². The van der Waals surface area contributed by atoms with Crippen LogP contribution in [-0.4, -0.2) is 21.0 Å². The minimum absolute atomic E-state index is 0.0371. The molecule has 21 heavy (non-hydrogen) atoms. The summed E-state index contributed by atoms with van der Waals surface area (Å²) in [5.74, 6) is -0.377. The molecule has 2 aromatic heterocycles. The van der Waals surface area contributed by atoms with Crippen molar-refractivity contribution in [3.05, 3.63) is 50.3 Å². The summed E-state index contributed by atoms with van der Waals surface area (Å²) in [5, 5.41) is 21.2. The second kappa shape index (κ2) is 4.98. The van der Waals surface area contributed by atoms with Gasteiger partial charge in [-0.2, -0.15) is 5.10 Å². The van der Waals surface area contributed by atoms with Crippen LogP contribution in [0.1, 0.15) is 14.5 Å². The van der Waals surface area contributed by atoms with Gasteiger partial charge in [-0.25, -0.2) is 0 Å². The molecule has 7 nitrogen and oxygen atoms in total. The molecule has 3 aromatic rings. The zero-order chi connectivity index (χ0) is 15.0. The van der Waals surface area contributed by atoms with E-state index in [1.807, 2.05) is 6.07 Å². The third-order valence-electron chi connectivity index (χ3n) is 3.04. The van der Waals surface area contributed by atoms with Crippen LogP contribution in [0.3, 0.4) is 0 Å². The van der Waals surface area contributed by atoms with Crippen LogP contribution >= 0.6 is 11.3 Å². The molecule has 0 saturated carbocycles. The zero-order valence-corrected chi connectivity index (χ0v) is 11.7. The minimum atomic E-state index is -0.488. The van der Waals surface area contributed by atoms with Crippen molar-refractivity contribution in [2.24, 2.45) is 0 Å². The number of aromatic nitrogens is 2. The summed E-state index contributed by atoms with van der Waals surface area (Å²) in [6.45, 7) is 1.62. The highest BCUT2D eigenvalue weighted by atomic mass is 32.1. The Morgan fingerprint density at radius 1 is 1.48 bits per heavy atom. The van der Waals surface area contributed by atoms with Gasteiger partial charge in [-0.15, -0.1) is 11.3 Å². The first kappa shape index (κ1) is 13.3. The smallest absolute Gasteiger partial charge is 0.283 e. The van der Waals surface area contributed by atoms with Crippen molar-refractivity contribution in [3.8, 4) is 0 Å². The number of carbonyl (C=O) groups excluding carboxylic acids is 1. The maximum Gasteiger partial charge on any atom is 0.283 e. The number of carbonyl (C=O) groups is 1. The molecule has 0 aliphatic rings. The van der Waals surface area contributed by atoms with Gasteiger partial charge >= 0.3 is 0 Å². The number of nitrogens with zero attached hydrogens (tertiary/aromatic N) is 2. The average molecular weight is 302 g/mol. The zero-order valence-electron chi connectivity index (χ0n) is 10.9. The molecule has 0 radical (unpaired) electrons. The lowest BCUT2D eigenvalue weighted by atomic mass is 10.2. The predicted molar refractivity (Wildman–Crippen MR) is 79.8 cm³/mol. The highest BCUT2D eigenvalue weighted by molar-refractivity contribution is 7.14. The summed E-state index contributed by atoms with van der Waals surface area (Å²) in [6.07, 6.45) is 1.66. The lowest BCUT2D eigenvalue weighted by molar-refractivity contribution is -0.385. The number of H-pyrrole nitrogens is 1. The van der Waals surface area contributed by atoms with E-state index in [1.165, 1.54) is 6.07 Å². The molecule has 2 heterocycles. The molecule has 0 bridgehead atoms. The quantitative estimate of drug-likeness (QED) is 0.573. The first-order chi connectivity index (χ1) is 10.1. The van der Waals surface area contributed by atoms with Gasteiger partial charge in [-0.1, -0.05) is 12.1 Å². The molecular weight excluding hydrogens is 292 g/mol. The normalized spacial score (nSPS) is 10.7. The van der Waals surface area contributed by atoms with Crippen LogP contribution in [0.2, 0.25) is 0 Å². The van der Waals surface area contributed by atoms with Crippen molar-refractivity contribution in [1.82, 2.24) is 10.2 Å². The molecule has 3 rings (SSSR count). The Morgan fingerprint density at radius 2 is 2.29 bits per heavy atom. The summed E-state index contributed by atoms with van der Waals surface area (Å²) in [7, 11) is 0. The number of nitro groups is 1. The number of hydrogen-bond acceptors (Lipinski definition) is 5. The fourth-order valence-corrected chi connectivity index (χ4v) is 2.90. The van der Waals surface area contributed by atoms with Gasteiger partial charge in [-0.3, -0.25) is 20.0 Å². The molecule has 0 aliphatic heterocycles. The highest BCUT2D eigenvalue weighted by Crippen LogP contribution is 2.29.